The molecule has 0 unspecified atom stereocenters. The second-order valence-corrected chi connectivity index (χ2v) is 7.34. The van der Waals surface area contributed by atoms with Gasteiger partial charge in [-0.05, 0) is 37.3 Å². The average Bonchev–Trinajstić information content (AvgIpc) is 3.21. The molecule has 0 aliphatic carbocycles. The molecule has 8 heteroatoms. The van der Waals surface area contributed by atoms with Crippen molar-refractivity contribution in [2.45, 2.75) is 6.92 Å². The van der Waals surface area contributed by atoms with Gasteiger partial charge in [-0.3, -0.25) is 4.79 Å². The first-order chi connectivity index (χ1) is 12.2. The minimum atomic E-state index is -0.253. The lowest BCUT2D eigenvalue weighted by molar-refractivity contribution is 0.102. The van der Waals surface area contributed by atoms with E-state index in [1.54, 1.807) is 22.9 Å². The zero-order chi connectivity index (χ0) is 17.2. The van der Waals surface area contributed by atoms with Gasteiger partial charge in [0.05, 0.1) is 15.2 Å². The van der Waals surface area contributed by atoms with E-state index in [1.807, 2.05) is 43.3 Å². The molecule has 0 spiro atoms. The average molecular weight is 367 g/mol. The second kappa shape index (κ2) is 6.58. The molecule has 3 heterocycles. The lowest BCUT2D eigenvalue weighted by Gasteiger charge is -2.03. The summed E-state index contributed by atoms with van der Waals surface area (Å²) >= 11 is 2.99. The fourth-order valence-corrected chi connectivity index (χ4v) is 3.80. The summed E-state index contributed by atoms with van der Waals surface area (Å²) in [5.41, 5.74) is 1.95. The third kappa shape index (κ3) is 3.49. The quantitative estimate of drug-likeness (QED) is 0.557. The van der Waals surface area contributed by atoms with Crippen LogP contribution in [0.25, 0.3) is 10.2 Å². The van der Waals surface area contributed by atoms with Crippen LogP contribution in [0.4, 0.5) is 16.6 Å². The van der Waals surface area contributed by atoms with Crippen molar-refractivity contribution in [3.05, 3.63) is 58.7 Å². The lowest BCUT2D eigenvalue weighted by Crippen LogP contribution is -2.12. The highest BCUT2D eigenvalue weighted by molar-refractivity contribution is 7.18. The van der Waals surface area contributed by atoms with Crippen LogP contribution < -0.4 is 10.6 Å². The molecule has 124 valence electrons. The standard InChI is InChI=1S/C17H13N5OS2/c1-10-19-12-8-11(5-6-14(12)25-10)20-16(23)13-9-24-17(21-13)22-15-4-2-3-7-18-15/h2-9H,1H3,(H,20,23)(H,18,21,22). The minimum absolute atomic E-state index is 0.253. The van der Waals surface area contributed by atoms with Gasteiger partial charge in [-0.2, -0.15) is 0 Å². The number of carbonyl (C=O) groups is 1. The Bertz CT molecular complexity index is 1040. The Morgan fingerprint density at radius 1 is 1.16 bits per heavy atom. The monoisotopic (exact) mass is 367 g/mol. The van der Waals surface area contributed by atoms with E-state index < -0.39 is 0 Å². The number of amides is 1. The summed E-state index contributed by atoms with van der Waals surface area (Å²) in [4.78, 5) is 25.3. The molecule has 2 N–H and O–H groups in total. The second-order valence-electron chi connectivity index (χ2n) is 5.25. The number of thiazole rings is 2. The van der Waals surface area contributed by atoms with Crippen LogP contribution in [0.2, 0.25) is 0 Å². The van der Waals surface area contributed by atoms with Gasteiger partial charge < -0.3 is 10.6 Å². The molecule has 1 aromatic carbocycles. The molecule has 0 aliphatic rings. The van der Waals surface area contributed by atoms with Crippen LogP contribution in [-0.4, -0.2) is 20.9 Å². The van der Waals surface area contributed by atoms with Crippen molar-refractivity contribution >= 4 is 55.4 Å². The summed E-state index contributed by atoms with van der Waals surface area (Å²) in [6.07, 6.45) is 1.69. The molecule has 4 rings (SSSR count). The van der Waals surface area contributed by atoms with Gasteiger partial charge in [0.1, 0.15) is 11.5 Å². The number of benzene rings is 1. The molecule has 0 bridgehead atoms. The number of anilines is 3. The van der Waals surface area contributed by atoms with Gasteiger partial charge in [0, 0.05) is 17.3 Å². The third-order valence-corrected chi connectivity index (χ3v) is 5.10. The van der Waals surface area contributed by atoms with Crippen LogP contribution in [0.5, 0.6) is 0 Å². The third-order valence-electron chi connectivity index (χ3n) is 3.39. The number of hydrogen-bond donors (Lipinski definition) is 2. The molecule has 6 nitrogen and oxygen atoms in total. The number of pyridine rings is 1. The summed E-state index contributed by atoms with van der Waals surface area (Å²) in [7, 11) is 0. The van der Waals surface area contributed by atoms with Crippen LogP contribution in [-0.2, 0) is 0 Å². The molecule has 0 aliphatic heterocycles. The van der Waals surface area contributed by atoms with E-state index in [0.717, 1.165) is 15.2 Å². The van der Waals surface area contributed by atoms with Crippen LogP contribution in [0.15, 0.2) is 48.0 Å². The van der Waals surface area contributed by atoms with Gasteiger partial charge in [0.15, 0.2) is 5.13 Å². The molecule has 4 aromatic rings. The molecular weight excluding hydrogens is 354 g/mol. The van der Waals surface area contributed by atoms with Crippen molar-refractivity contribution in [2.75, 3.05) is 10.6 Å². The largest absolute Gasteiger partial charge is 0.321 e. The fraction of sp³-hybridized carbons (Fsp3) is 0.0588. The first-order valence-electron chi connectivity index (χ1n) is 7.49. The van der Waals surface area contributed by atoms with Crippen molar-refractivity contribution < 1.29 is 4.79 Å². The number of carbonyl (C=O) groups excluding carboxylic acids is 1. The summed E-state index contributed by atoms with van der Waals surface area (Å²) in [5.74, 6) is 0.435. The Kier molecular flexibility index (Phi) is 4.12. The van der Waals surface area contributed by atoms with Crippen LogP contribution in [0, 0.1) is 6.92 Å². The van der Waals surface area contributed by atoms with Crippen LogP contribution >= 0.6 is 22.7 Å². The van der Waals surface area contributed by atoms with E-state index in [4.69, 9.17) is 0 Å². The molecular formula is C17H13N5OS2. The van der Waals surface area contributed by atoms with E-state index in [-0.39, 0.29) is 5.91 Å². The molecule has 25 heavy (non-hydrogen) atoms. The number of aryl methyl sites for hydroxylation is 1. The predicted octanol–water partition coefficient (Wildman–Crippen LogP) is 4.45. The number of aromatic nitrogens is 3. The van der Waals surface area contributed by atoms with Gasteiger partial charge in [-0.1, -0.05) is 6.07 Å². The molecule has 0 saturated heterocycles. The minimum Gasteiger partial charge on any atom is -0.321 e. The first kappa shape index (κ1) is 15.7. The van der Waals surface area contributed by atoms with Crippen LogP contribution in [0.3, 0.4) is 0 Å². The smallest absolute Gasteiger partial charge is 0.275 e. The lowest BCUT2D eigenvalue weighted by atomic mass is 10.3. The highest BCUT2D eigenvalue weighted by atomic mass is 32.1. The van der Waals surface area contributed by atoms with Crippen molar-refractivity contribution in [1.82, 2.24) is 15.0 Å². The zero-order valence-electron chi connectivity index (χ0n) is 13.2. The molecule has 1 amide bonds. The number of hydrogen-bond acceptors (Lipinski definition) is 7. The van der Waals surface area contributed by atoms with E-state index in [1.165, 1.54) is 11.3 Å². The predicted molar refractivity (Wildman–Crippen MR) is 102 cm³/mol. The number of rotatable bonds is 4. The maximum absolute atomic E-state index is 12.4. The number of fused-ring (bicyclic) bond motifs is 1. The van der Waals surface area contributed by atoms with Crippen LogP contribution in [0.1, 0.15) is 15.5 Å². The summed E-state index contributed by atoms with van der Waals surface area (Å²) in [5, 5.41) is 9.28. The van der Waals surface area contributed by atoms with Gasteiger partial charge in [0.25, 0.3) is 5.91 Å². The summed E-state index contributed by atoms with van der Waals surface area (Å²) in [6, 6.07) is 11.3. The highest BCUT2D eigenvalue weighted by Gasteiger charge is 2.12. The van der Waals surface area contributed by atoms with Gasteiger partial charge in [-0.15, -0.1) is 22.7 Å². The topological polar surface area (TPSA) is 79.8 Å². The Hall–Kier alpha value is -2.84. The van der Waals surface area contributed by atoms with E-state index in [9.17, 15) is 4.79 Å². The molecule has 0 radical (unpaired) electrons. The number of nitrogens with one attached hydrogen (secondary N) is 2. The van der Waals surface area contributed by atoms with Crippen molar-refractivity contribution in [2.24, 2.45) is 0 Å². The fourth-order valence-electron chi connectivity index (χ4n) is 2.30. The van der Waals surface area contributed by atoms with Gasteiger partial charge in [-0.25, -0.2) is 15.0 Å². The molecule has 3 aromatic heterocycles. The highest BCUT2D eigenvalue weighted by Crippen LogP contribution is 2.25. The normalized spacial score (nSPS) is 10.8. The zero-order valence-corrected chi connectivity index (χ0v) is 14.8. The Morgan fingerprint density at radius 2 is 2.08 bits per heavy atom. The molecule has 0 saturated carbocycles. The SMILES string of the molecule is Cc1nc2cc(NC(=O)c3csc(Nc4ccccn4)n3)ccc2s1. The molecule has 0 fully saturated rings. The maximum atomic E-state index is 12.4. The first-order valence-corrected chi connectivity index (χ1v) is 9.19. The summed E-state index contributed by atoms with van der Waals surface area (Å²) < 4.78 is 1.10. The Balaban J connectivity index is 1.48. The molecule has 0 atom stereocenters. The Morgan fingerprint density at radius 3 is 2.92 bits per heavy atom. The van der Waals surface area contributed by atoms with E-state index >= 15 is 0 Å². The van der Waals surface area contributed by atoms with Crippen molar-refractivity contribution in [3.8, 4) is 0 Å². The van der Waals surface area contributed by atoms with E-state index in [2.05, 4.69) is 25.6 Å². The van der Waals surface area contributed by atoms with Gasteiger partial charge >= 0.3 is 0 Å². The summed E-state index contributed by atoms with van der Waals surface area (Å²) in [6.45, 7) is 1.97. The maximum Gasteiger partial charge on any atom is 0.275 e. The van der Waals surface area contributed by atoms with Crippen molar-refractivity contribution in [1.29, 1.82) is 0 Å². The van der Waals surface area contributed by atoms with Crippen molar-refractivity contribution in [3.63, 3.8) is 0 Å². The van der Waals surface area contributed by atoms with Gasteiger partial charge in [0.2, 0.25) is 0 Å². The Labute approximate surface area is 151 Å². The number of nitrogens with zero attached hydrogens (tertiary/aromatic N) is 3. The van der Waals surface area contributed by atoms with E-state index in [0.29, 0.717) is 22.3 Å².